The number of rotatable bonds is 7. The highest BCUT2D eigenvalue weighted by molar-refractivity contribution is 5.87. The van der Waals surface area contributed by atoms with Crippen LogP contribution in [-0.4, -0.2) is 37.1 Å². The van der Waals surface area contributed by atoms with Crippen LogP contribution >= 0.6 is 0 Å². The second kappa shape index (κ2) is 9.00. The van der Waals surface area contributed by atoms with E-state index in [1.807, 2.05) is 67.6 Å². The molecule has 0 saturated carbocycles. The van der Waals surface area contributed by atoms with Gasteiger partial charge in [-0.15, -0.1) is 0 Å². The van der Waals surface area contributed by atoms with Crippen LogP contribution in [0.2, 0.25) is 0 Å². The second-order valence-electron chi connectivity index (χ2n) is 7.25. The molecule has 3 heteroatoms. The molecule has 138 valence electrons. The summed E-state index contributed by atoms with van der Waals surface area (Å²) in [6.45, 7) is 5.81. The van der Waals surface area contributed by atoms with E-state index in [9.17, 15) is 4.79 Å². The lowest BCUT2D eigenvalue weighted by atomic mass is 9.76. The van der Waals surface area contributed by atoms with Crippen LogP contribution in [0, 0.1) is 0 Å². The van der Waals surface area contributed by atoms with E-state index in [2.05, 4.69) is 4.90 Å². The van der Waals surface area contributed by atoms with Crippen LogP contribution in [0.15, 0.2) is 60.7 Å². The van der Waals surface area contributed by atoms with Gasteiger partial charge in [-0.3, -0.25) is 4.79 Å². The van der Waals surface area contributed by atoms with E-state index in [0.717, 1.165) is 24.1 Å². The molecule has 1 aliphatic rings. The zero-order chi connectivity index (χ0) is 18.2. The number of nitrogens with zero attached hydrogens (tertiary/aromatic N) is 1. The van der Waals surface area contributed by atoms with Crippen LogP contribution < -0.4 is 0 Å². The summed E-state index contributed by atoms with van der Waals surface area (Å²) < 4.78 is 5.74. The number of piperidine rings is 1. The molecule has 0 aromatic heterocycles. The first kappa shape index (κ1) is 18.7. The van der Waals surface area contributed by atoms with Gasteiger partial charge in [-0.2, -0.15) is 0 Å². The van der Waals surface area contributed by atoms with Crippen molar-refractivity contribution in [2.45, 2.75) is 38.0 Å². The van der Waals surface area contributed by atoms with Crippen molar-refractivity contribution in [2.24, 2.45) is 0 Å². The van der Waals surface area contributed by atoms with Crippen molar-refractivity contribution in [1.29, 1.82) is 0 Å². The van der Waals surface area contributed by atoms with Crippen LogP contribution in [-0.2, 0) is 14.9 Å². The predicted octanol–water partition coefficient (Wildman–Crippen LogP) is 4.41. The molecule has 2 aromatic rings. The zero-order valence-corrected chi connectivity index (χ0v) is 15.7. The Morgan fingerprint density at radius 2 is 1.46 bits per heavy atom. The molecule has 1 aliphatic heterocycles. The SMILES string of the molecule is CC(C(=O)OCCCN1CCCCC1)(c1ccccc1)c1ccccc1. The highest BCUT2D eigenvalue weighted by Crippen LogP contribution is 2.33. The molecule has 1 fully saturated rings. The topological polar surface area (TPSA) is 29.5 Å². The lowest BCUT2D eigenvalue weighted by Gasteiger charge is -2.29. The third kappa shape index (κ3) is 4.34. The van der Waals surface area contributed by atoms with E-state index in [1.165, 1.54) is 32.4 Å². The third-order valence-electron chi connectivity index (χ3n) is 5.41. The Kier molecular flexibility index (Phi) is 6.45. The second-order valence-corrected chi connectivity index (χ2v) is 7.25. The van der Waals surface area contributed by atoms with E-state index in [0.29, 0.717) is 6.61 Å². The Labute approximate surface area is 157 Å². The largest absolute Gasteiger partial charge is 0.465 e. The Morgan fingerprint density at radius 3 is 2.00 bits per heavy atom. The minimum atomic E-state index is -0.784. The maximum atomic E-state index is 13.1. The van der Waals surface area contributed by atoms with Crippen molar-refractivity contribution in [1.82, 2.24) is 4.90 Å². The van der Waals surface area contributed by atoms with Crippen molar-refractivity contribution >= 4 is 5.97 Å². The van der Waals surface area contributed by atoms with E-state index in [-0.39, 0.29) is 5.97 Å². The molecule has 2 aromatic carbocycles. The Balaban J connectivity index is 1.66. The van der Waals surface area contributed by atoms with Gasteiger partial charge in [0.05, 0.1) is 6.61 Å². The van der Waals surface area contributed by atoms with E-state index >= 15 is 0 Å². The number of ether oxygens (including phenoxy) is 1. The molecule has 0 radical (unpaired) electrons. The highest BCUT2D eigenvalue weighted by atomic mass is 16.5. The summed E-state index contributed by atoms with van der Waals surface area (Å²) in [5, 5.41) is 0. The fourth-order valence-corrected chi connectivity index (χ4v) is 3.73. The number of likely N-dealkylation sites (tertiary alicyclic amines) is 1. The lowest BCUT2D eigenvalue weighted by molar-refractivity contribution is -0.148. The van der Waals surface area contributed by atoms with Gasteiger partial charge in [0, 0.05) is 6.54 Å². The molecule has 1 heterocycles. The van der Waals surface area contributed by atoms with Crippen LogP contribution in [0.1, 0.15) is 43.7 Å². The van der Waals surface area contributed by atoms with Crippen molar-refractivity contribution in [3.8, 4) is 0 Å². The number of esters is 1. The minimum absolute atomic E-state index is 0.173. The average Bonchev–Trinajstić information content (AvgIpc) is 2.72. The maximum absolute atomic E-state index is 13.1. The van der Waals surface area contributed by atoms with Gasteiger partial charge in [0.1, 0.15) is 5.41 Å². The standard InChI is InChI=1S/C23H29NO2/c1-23(20-12-5-2-6-13-20,21-14-7-3-8-15-21)22(25)26-19-11-18-24-16-9-4-10-17-24/h2-3,5-8,12-15H,4,9-11,16-19H2,1H3. The molecule has 26 heavy (non-hydrogen) atoms. The highest BCUT2D eigenvalue weighted by Gasteiger charge is 2.38. The van der Waals surface area contributed by atoms with E-state index in [1.54, 1.807) is 0 Å². The fourth-order valence-electron chi connectivity index (χ4n) is 3.73. The van der Waals surface area contributed by atoms with E-state index < -0.39 is 5.41 Å². The number of carbonyl (C=O) groups excluding carboxylic acids is 1. The molecular weight excluding hydrogens is 322 g/mol. The summed E-state index contributed by atoms with van der Waals surface area (Å²) in [7, 11) is 0. The van der Waals surface area contributed by atoms with Gasteiger partial charge in [0.25, 0.3) is 0 Å². The Morgan fingerprint density at radius 1 is 0.923 bits per heavy atom. The van der Waals surface area contributed by atoms with Crippen LogP contribution in [0.25, 0.3) is 0 Å². The predicted molar refractivity (Wildman–Crippen MR) is 105 cm³/mol. The van der Waals surface area contributed by atoms with Gasteiger partial charge in [-0.05, 0) is 50.4 Å². The number of hydrogen-bond acceptors (Lipinski definition) is 3. The summed E-state index contributed by atoms with van der Waals surface area (Å²) in [6, 6.07) is 19.8. The van der Waals surface area contributed by atoms with Crippen LogP contribution in [0.3, 0.4) is 0 Å². The first-order valence-corrected chi connectivity index (χ1v) is 9.72. The molecule has 0 atom stereocenters. The Hall–Kier alpha value is -2.13. The summed E-state index contributed by atoms with van der Waals surface area (Å²) >= 11 is 0. The molecule has 0 amide bonds. The summed E-state index contributed by atoms with van der Waals surface area (Å²) in [4.78, 5) is 15.6. The third-order valence-corrected chi connectivity index (χ3v) is 5.41. The average molecular weight is 351 g/mol. The van der Waals surface area contributed by atoms with Crippen molar-refractivity contribution < 1.29 is 9.53 Å². The molecule has 1 saturated heterocycles. The fraction of sp³-hybridized carbons (Fsp3) is 0.435. The van der Waals surface area contributed by atoms with Gasteiger partial charge < -0.3 is 9.64 Å². The molecular formula is C23H29NO2. The number of hydrogen-bond donors (Lipinski definition) is 0. The summed E-state index contributed by atoms with van der Waals surface area (Å²) in [6.07, 6.45) is 4.82. The molecule has 0 bridgehead atoms. The first-order valence-electron chi connectivity index (χ1n) is 9.72. The van der Waals surface area contributed by atoms with Gasteiger partial charge in [-0.1, -0.05) is 67.1 Å². The number of benzene rings is 2. The van der Waals surface area contributed by atoms with Crippen molar-refractivity contribution in [3.63, 3.8) is 0 Å². The quantitative estimate of drug-likeness (QED) is 0.546. The van der Waals surface area contributed by atoms with Gasteiger partial charge in [0.2, 0.25) is 0 Å². The molecule has 0 spiro atoms. The van der Waals surface area contributed by atoms with Crippen molar-refractivity contribution in [3.05, 3.63) is 71.8 Å². The normalized spacial score (nSPS) is 15.6. The lowest BCUT2D eigenvalue weighted by Crippen LogP contribution is -2.36. The van der Waals surface area contributed by atoms with Crippen LogP contribution in [0.4, 0.5) is 0 Å². The smallest absolute Gasteiger partial charge is 0.320 e. The minimum Gasteiger partial charge on any atom is -0.465 e. The molecule has 3 nitrogen and oxygen atoms in total. The maximum Gasteiger partial charge on any atom is 0.320 e. The van der Waals surface area contributed by atoms with Gasteiger partial charge in [-0.25, -0.2) is 0 Å². The molecule has 0 unspecified atom stereocenters. The molecule has 0 N–H and O–H groups in total. The zero-order valence-electron chi connectivity index (χ0n) is 15.7. The van der Waals surface area contributed by atoms with Gasteiger partial charge in [0.15, 0.2) is 0 Å². The number of carbonyl (C=O) groups is 1. The van der Waals surface area contributed by atoms with Crippen molar-refractivity contribution in [2.75, 3.05) is 26.2 Å². The summed E-state index contributed by atoms with van der Waals surface area (Å²) in [5.41, 5.74) is 1.15. The Bertz CT molecular complexity index is 638. The van der Waals surface area contributed by atoms with E-state index in [4.69, 9.17) is 4.74 Å². The van der Waals surface area contributed by atoms with Crippen LogP contribution in [0.5, 0.6) is 0 Å². The molecule has 3 rings (SSSR count). The monoisotopic (exact) mass is 351 g/mol. The molecule has 0 aliphatic carbocycles. The van der Waals surface area contributed by atoms with Gasteiger partial charge >= 0.3 is 5.97 Å². The first-order chi connectivity index (χ1) is 12.7. The summed E-state index contributed by atoms with van der Waals surface area (Å²) in [5.74, 6) is -0.173.